The molecule has 0 radical (unpaired) electrons. The van der Waals surface area contributed by atoms with Crippen LogP contribution in [0.3, 0.4) is 0 Å². The number of hydrogen-bond acceptors (Lipinski definition) is 3. The summed E-state index contributed by atoms with van der Waals surface area (Å²) in [5, 5.41) is 10.8. The van der Waals surface area contributed by atoms with E-state index in [9.17, 15) is 5.11 Å². The monoisotopic (exact) mass is 240 g/mol. The molecule has 0 bridgehead atoms. The van der Waals surface area contributed by atoms with Gasteiger partial charge in [0.2, 0.25) is 0 Å². The fourth-order valence-corrected chi connectivity index (χ4v) is 2.34. The number of ether oxygens (including phenoxy) is 2. The first kappa shape index (κ1) is 10.2. The molecule has 1 heterocycles. The third-order valence-corrected chi connectivity index (χ3v) is 3.37. The van der Waals surface area contributed by atoms with Gasteiger partial charge in [-0.3, -0.25) is 0 Å². The highest BCUT2D eigenvalue weighted by Crippen LogP contribution is 2.54. The Labute approximate surface area is 98.9 Å². The third kappa shape index (κ3) is 1.55. The first-order chi connectivity index (χ1) is 7.71. The van der Waals surface area contributed by atoms with Gasteiger partial charge in [-0.2, -0.15) is 0 Å². The lowest BCUT2D eigenvalue weighted by atomic mass is 10.1. The fraction of sp³-hybridized carbons (Fsp3) is 0.500. The summed E-state index contributed by atoms with van der Waals surface area (Å²) < 4.78 is 11.2. The van der Waals surface area contributed by atoms with E-state index in [1.165, 1.54) is 0 Å². The molecule has 1 aliphatic heterocycles. The molecular formula is C12H13ClO3. The quantitative estimate of drug-likeness (QED) is 0.820. The van der Waals surface area contributed by atoms with Crippen molar-refractivity contribution in [1.29, 1.82) is 0 Å². The van der Waals surface area contributed by atoms with E-state index in [-0.39, 0.29) is 0 Å². The lowest BCUT2D eigenvalue weighted by molar-refractivity contribution is 0.146. The summed E-state index contributed by atoms with van der Waals surface area (Å²) in [7, 11) is 0. The van der Waals surface area contributed by atoms with Gasteiger partial charge in [-0.15, -0.1) is 0 Å². The lowest BCUT2D eigenvalue weighted by Gasteiger charge is -2.17. The number of benzene rings is 1. The molecule has 1 aromatic rings. The van der Waals surface area contributed by atoms with E-state index in [2.05, 4.69) is 0 Å². The molecule has 0 spiro atoms. The Kier molecular flexibility index (Phi) is 2.26. The highest BCUT2D eigenvalue weighted by molar-refractivity contribution is 6.31. The molecular weight excluding hydrogens is 228 g/mol. The van der Waals surface area contributed by atoms with E-state index in [0.29, 0.717) is 35.3 Å². The second-order valence-electron chi connectivity index (χ2n) is 4.33. The summed E-state index contributed by atoms with van der Waals surface area (Å²) >= 11 is 6.14. The van der Waals surface area contributed by atoms with Crippen LogP contribution < -0.4 is 9.47 Å². The molecule has 16 heavy (non-hydrogen) atoms. The Hall–Kier alpha value is -0.930. The van der Waals surface area contributed by atoms with Crippen LogP contribution in [0.1, 0.15) is 24.8 Å². The Balaban J connectivity index is 2.14. The number of rotatable bonds is 1. The molecule has 3 rings (SSSR count). The van der Waals surface area contributed by atoms with E-state index < -0.39 is 5.60 Å². The predicted octanol–water partition coefficient (Wildman–Crippen LogP) is 2.48. The van der Waals surface area contributed by atoms with Crippen LogP contribution in [-0.4, -0.2) is 18.3 Å². The van der Waals surface area contributed by atoms with E-state index in [0.717, 1.165) is 19.3 Å². The van der Waals surface area contributed by atoms with Gasteiger partial charge in [0.1, 0.15) is 0 Å². The van der Waals surface area contributed by atoms with Gasteiger partial charge in [0.25, 0.3) is 0 Å². The van der Waals surface area contributed by atoms with Crippen molar-refractivity contribution in [1.82, 2.24) is 0 Å². The maximum absolute atomic E-state index is 10.2. The van der Waals surface area contributed by atoms with Crippen molar-refractivity contribution in [2.75, 3.05) is 13.2 Å². The summed E-state index contributed by atoms with van der Waals surface area (Å²) in [5.41, 5.74) is -0.0931. The molecule has 0 aromatic heterocycles. The van der Waals surface area contributed by atoms with Crippen molar-refractivity contribution >= 4 is 11.6 Å². The van der Waals surface area contributed by atoms with Crippen molar-refractivity contribution in [2.45, 2.75) is 24.9 Å². The van der Waals surface area contributed by atoms with Crippen LogP contribution in [0.5, 0.6) is 11.5 Å². The zero-order chi connectivity index (χ0) is 11.2. The van der Waals surface area contributed by atoms with Crippen LogP contribution in [-0.2, 0) is 5.60 Å². The molecule has 1 saturated carbocycles. The van der Waals surface area contributed by atoms with Gasteiger partial charge < -0.3 is 14.6 Å². The molecule has 1 aromatic carbocycles. The zero-order valence-corrected chi connectivity index (χ0v) is 9.59. The number of aliphatic hydroxyl groups is 1. The van der Waals surface area contributed by atoms with Crippen LogP contribution in [0.4, 0.5) is 0 Å². The first-order valence-electron chi connectivity index (χ1n) is 5.52. The number of halogens is 1. The number of hydrogen-bond donors (Lipinski definition) is 1. The van der Waals surface area contributed by atoms with Gasteiger partial charge in [0.15, 0.2) is 11.5 Å². The van der Waals surface area contributed by atoms with Gasteiger partial charge in [0.05, 0.1) is 23.8 Å². The zero-order valence-electron chi connectivity index (χ0n) is 8.83. The average Bonchev–Trinajstić information content (AvgIpc) is 3.02. The molecule has 1 fully saturated rings. The predicted molar refractivity (Wildman–Crippen MR) is 60.2 cm³/mol. The second-order valence-corrected chi connectivity index (χ2v) is 4.74. The summed E-state index contributed by atoms with van der Waals surface area (Å²) in [4.78, 5) is 0. The van der Waals surface area contributed by atoms with E-state index in [4.69, 9.17) is 21.1 Å². The van der Waals surface area contributed by atoms with Gasteiger partial charge >= 0.3 is 0 Å². The summed E-state index contributed by atoms with van der Waals surface area (Å²) in [5.74, 6) is 1.32. The standard InChI is InChI=1S/C12H13ClO3/c13-8-2-3-9-11(16-7-1-6-15-9)10(8)12(14)4-5-12/h2-3,14H,1,4-7H2. The topological polar surface area (TPSA) is 38.7 Å². The van der Waals surface area contributed by atoms with Crippen molar-refractivity contribution in [3.8, 4) is 11.5 Å². The van der Waals surface area contributed by atoms with E-state index >= 15 is 0 Å². The summed E-state index contributed by atoms with van der Waals surface area (Å²) in [6.45, 7) is 1.25. The largest absolute Gasteiger partial charge is 0.490 e. The van der Waals surface area contributed by atoms with Crippen molar-refractivity contribution < 1.29 is 14.6 Å². The third-order valence-electron chi connectivity index (χ3n) is 3.05. The SMILES string of the molecule is OC1(c2c(Cl)ccc3c2OCCCO3)CC1. The maximum Gasteiger partial charge on any atom is 0.168 e. The second kappa shape index (κ2) is 3.54. The van der Waals surface area contributed by atoms with Crippen molar-refractivity contribution in [2.24, 2.45) is 0 Å². The Bertz CT molecular complexity index is 427. The van der Waals surface area contributed by atoms with E-state index in [1.807, 2.05) is 0 Å². The Morgan fingerprint density at radius 2 is 1.94 bits per heavy atom. The normalized spacial score (nSPS) is 21.4. The van der Waals surface area contributed by atoms with Gasteiger partial charge in [-0.25, -0.2) is 0 Å². The minimum Gasteiger partial charge on any atom is -0.490 e. The van der Waals surface area contributed by atoms with Gasteiger partial charge in [0, 0.05) is 12.0 Å². The summed E-state index contributed by atoms with van der Waals surface area (Å²) in [6, 6.07) is 3.57. The highest BCUT2D eigenvalue weighted by atomic mass is 35.5. The minimum atomic E-state index is -0.796. The first-order valence-corrected chi connectivity index (χ1v) is 5.89. The molecule has 4 heteroatoms. The van der Waals surface area contributed by atoms with Crippen LogP contribution in [0.25, 0.3) is 0 Å². The maximum atomic E-state index is 10.2. The minimum absolute atomic E-state index is 0.559. The molecule has 0 atom stereocenters. The Morgan fingerprint density at radius 1 is 1.19 bits per heavy atom. The van der Waals surface area contributed by atoms with Crippen LogP contribution in [0.15, 0.2) is 12.1 Å². The fourth-order valence-electron chi connectivity index (χ4n) is 2.01. The van der Waals surface area contributed by atoms with Crippen LogP contribution in [0, 0.1) is 0 Å². The smallest absolute Gasteiger partial charge is 0.168 e. The molecule has 1 N–H and O–H groups in total. The van der Waals surface area contributed by atoms with E-state index in [1.54, 1.807) is 12.1 Å². The van der Waals surface area contributed by atoms with Crippen LogP contribution in [0.2, 0.25) is 5.02 Å². The molecule has 3 nitrogen and oxygen atoms in total. The van der Waals surface area contributed by atoms with Gasteiger partial charge in [-0.1, -0.05) is 11.6 Å². The highest BCUT2D eigenvalue weighted by Gasteiger charge is 2.46. The van der Waals surface area contributed by atoms with Gasteiger partial charge in [-0.05, 0) is 25.0 Å². The van der Waals surface area contributed by atoms with Crippen molar-refractivity contribution in [3.05, 3.63) is 22.7 Å². The average molecular weight is 241 g/mol. The molecule has 0 unspecified atom stereocenters. The molecule has 86 valence electrons. The summed E-state index contributed by atoms with van der Waals surface area (Å²) in [6.07, 6.45) is 2.34. The van der Waals surface area contributed by atoms with Crippen molar-refractivity contribution in [3.63, 3.8) is 0 Å². The Morgan fingerprint density at radius 3 is 2.69 bits per heavy atom. The molecule has 2 aliphatic rings. The number of fused-ring (bicyclic) bond motifs is 1. The lowest BCUT2D eigenvalue weighted by Crippen LogP contribution is -2.09. The molecule has 0 saturated heterocycles. The molecule has 0 amide bonds. The molecule has 1 aliphatic carbocycles. The van der Waals surface area contributed by atoms with Crippen LogP contribution >= 0.6 is 11.6 Å².